The van der Waals surface area contributed by atoms with Gasteiger partial charge in [0.2, 0.25) is 0 Å². The maximum absolute atomic E-state index is 12.0. The van der Waals surface area contributed by atoms with E-state index in [0.717, 1.165) is 45.3 Å². The Bertz CT molecular complexity index is 341. The van der Waals surface area contributed by atoms with Gasteiger partial charge in [0.25, 0.3) is 0 Å². The molecule has 3 unspecified atom stereocenters. The molecule has 0 bridgehead atoms. The third-order valence-electron chi connectivity index (χ3n) is 3.95. The molecule has 1 aliphatic heterocycles. The van der Waals surface area contributed by atoms with Crippen LogP contribution in [0, 0.1) is 5.92 Å². The second kappa shape index (κ2) is 8.73. The molecular weight excluding hydrogens is 280 g/mol. The van der Waals surface area contributed by atoms with Gasteiger partial charge in [-0.25, -0.2) is 4.79 Å². The zero-order valence-electron chi connectivity index (χ0n) is 14.9. The number of amides is 1. The smallest absolute Gasteiger partial charge is 0.407 e. The number of nitrogens with one attached hydrogen (secondary N) is 1. The fourth-order valence-corrected chi connectivity index (χ4v) is 3.10. The van der Waals surface area contributed by atoms with Crippen molar-refractivity contribution in [3.8, 4) is 0 Å². The van der Waals surface area contributed by atoms with Gasteiger partial charge < -0.3 is 20.1 Å². The van der Waals surface area contributed by atoms with E-state index < -0.39 is 5.60 Å². The molecule has 0 aromatic carbocycles. The SMILES string of the molecule is CCCN1CC(CC(O)CC)CC(NC(=O)OC(C)(C)C)C1. The van der Waals surface area contributed by atoms with E-state index in [4.69, 9.17) is 4.74 Å². The monoisotopic (exact) mass is 314 g/mol. The van der Waals surface area contributed by atoms with Gasteiger partial charge in [-0.2, -0.15) is 0 Å². The van der Waals surface area contributed by atoms with Crippen LogP contribution in [-0.4, -0.2) is 53.5 Å². The van der Waals surface area contributed by atoms with Crippen molar-refractivity contribution in [2.75, 3.05) is 19.6 Å². The number of alkyl carbamates (subject to hydrolysis) is 1. The van der Waals surface area contributed by atoms with E-state index in [0.29, 0.717) is 5.92 Å². The van der Waals surface area contributed by atoms with Gasteiger partial charge in [0.05, 0.1) is 6.10 Å². The zero-order chi connectivity index (χ0) is 16.8. The van der Waals surface area contributed by atoms with Crippen molar-refractivity contribution in [1.82, 2.24) is 10.2 Å². The second-order valence-electron chi connectivity index (χ2n) is 7.50. The average molecular weight is 314 g/mol. The third kappa shape index (κ3) is 7.45. The summed E-state index contributed by atoms with van der Waals surface area (Å²) in [6, 6.07) is 0.101. The quantitative estimate of drug-likeness (QED) is 0.791. The van der Waals surface area contributed by atoms with Crippen LogP contribution in [0.15, 0.2) is 0 Å². The van der Waals surface area contributed by atoms with E-state index in [2.05, 4.69) is 17.1 Å². The Morgan fingerprint density at radius 3 is 2.59 bits per heavy atom. The fourth-order valence-electron chi connectivity index (χ4n) is 3.10. The van der Waals surface area contributed by atoms with Crippen molar-refractivity contribution < 1.29 is 14.6 Å². The van der Waals surface area contributed by atoms with Gasteiger partial charge in [-0.05, 0) is 58.9 Å². The predicted molar refractivity (Wildman–Crippen MR) is 88.9 cm³/mol. The molecule has 22 heavy (non-hydrogen) atoms. The van der Waals surface area contributed by atoms with Crippen molar-refractivity contribution in [3.63, 3.8) is 0 Å². The summed E-state index contributed by atoms with van der Waals surface area (Å²) in [5.41, 5.74) is -0.473. The Kier molecular flexibility index (Phi) is 7.63. The lowest BCUT2D eigenvalue weighted by atomic mass is 9.89. The number of likely N-dealkylation sites (tertiary alicyclic amines) is 1. The maximum Gasteiger partial charge on any atom is 0.407 e. The number of aliphatic hydroxyl groups is 1. The largest absolute Gasteiger partial charge is 0.444 e. The zero-order valence-corrected chi connectivity index (χ0v) is 14.9. The summed E-state index contributed by atoms with van der Waals surface area (Å²) in [5.74, 6) is 0.426. The highest BCUT2D eigenvalue weighted by Gasteiger charge is 2.30. The number of aliphatic hydroxyl groups excluding tert-OH is 1. The van der Waals surface area contributed by atoms with Crippen molar-refractivity contribution >= 4 is 6.09 Å². The molecule has 1 heterocycles. The van der Waals surface area contributed by atoms with Crippen molar-refractivity contribution in [3.05, 3.63) is 0 Å². The van der Waals surface area contributed by atoms with E-state index >= 15 is 0 Å². The first-order valence-electron chi connectivity index (χ1n) is 8.63. The molecule has 0 radical (unpaired) electrons. The Balaban J connectivity index is 2.58. The first kappa shape index (κ1) is 19.2. The molecule has 0 aromatic rings. The van der Waals surface area contributed by atoms with Gasteiger partial charge in [-0.1, -0.05) is 13.8 Å². The van der Waals surface area contributed by atoms with Crippen LogP contribution in [-0.2, 0) is 4.74 Å². The molecule has 1 saturated heterocycles. The van der Waals surface area contributed by atoms with E-state index in [1.165, 1.54) is 0 Å². The molecule has 1 fully saturated rings. The van der Waals surface area contributed by atoms with Crippen LogP contribution in [0.1, 0.15) is 60.3 Å². The minimum Gasteiger partial charge on any atom is -0.444 e. The number of ether oxygens (including phenoxy) is 1. The van der Waals surface area contributed by atoms with Gasteiger partial charge in [-0.15, -0.1) is 0 Å². The summed E-state index contributed by atoms with van der Waals surface area (Å²) in [7, 11) is 0. The lowest BCUT2D eigenvalue weighted by Gasteiger charge is -2.38. The van der Waals surface area contributed by atoms with Gasteiger partial charge in [0.15, 0.2) is 0 Å². The highest BCUT2D eigenvalue weighted by molar-refractivity contribution is 5.68. The molecule has 1 aliphatic rings. The molecule has 3 atom stereocenters. The van der Waals surface area contributed by atoms with Crippen LogP contribution in [0.3, 0.4) is 0 Å². The van der Waals surface area contributed by atoms with Crippen molar-refractivity contribution in [2.24, 2.45) is 5.92 Å². The van der Waals surface area contributed by atoms with Crippen LogP contribution in [0.4, 0.5) is 4.79 Å². The summed E-state index contributed by atoms with van der Waals surface area (Å²) in [4.78, 5) is 14.4. The summed E-state index contributed by atoms with van der Waals surface area (Å²) in [6.45, 7) is 12.7. The summed E-state index contributed by atoms with van der Waals surface area (Å²) in [5, 5.41) is 12.9. The van der Waals surface area contributed by atoms with Crippen LogP contribution < -0.4 is 5.32 Å². The topological polar surface area (TPSA) is 61.8 Å². The van der Waals surface area contributed by atoms with Crippen LogP contribution in [0.25, 0.3) is 0 Å². The number of hydrogen-bond donors (Lipinski definition) is 2. The Morgan fingerprint density at radius 1 is 1.36 bits per heavy atom. The maximum atomic E-state index is 12.0. The Hall–Kier alpha value is -0.810. The molecular formula is C17H34N2O3. The highest BCUT2D eigenvalue weighted by atomic mass is 16.6. The predicted octanol–water partition coefficient (Wildman–Crippen LogP) is 2.77. The fraction of sp³-hybridized carbons (Fsp3) is 0.941. The molecule has 0 aliphatic carbocycles. The summed E-state index contributed by atoms with van der Waals surface area (Å²) < 4.78 is 5.36. The lowest BCUT2D eigenvalue weighted by Crippen LogP contribution is -2.52. The van der Waals surface area contributed by atoms with E-state index in [-0.39, 0.29) is 18.2 Å². The van der Waals surface area contributed by atoms with E-state index in [1.54, 1.807) is 0 Å². The average Bonchev–Trinajstić information content (AvgIpc) is 2.36. The van der Waals surface area contributed by atoms with Gasteiger partial charge in [0, 0.05) is 19.1 Å². The summed E-state index contributed by atoms with van der Waals surface area (Å²) >= 11 is 0. The number of rotatable bonds is 6. The highest BCUT2D eigenvalue weighted by Crippen LogP contribution is 2.23. The molecule has 0 saturated carbocycles. The number of piperidine rings is 1. The molecule has 130 valence electrons. The molecule has 0 spiro atoms. The van der Waals surface area contributed by atoms with E-state index in [9.17, 15) is 9.90 Å². The lowest BCUT2D eigenvalue weighted by molar-refractivity contribution is 0.0417. The van der Waals surface area contributed by atoms with Gasteiger partial charge in [-0.3, -0.25) is 0 Å². The standard InChI is InChI=1S/C17H34N2O3/c1-6-8-19-11-13(10-15(20)7-2)9-14(12-19)18-16(21)22-17(3,4)5/h13-15,20H,6-12H2,1-5H3,(H,18,21). The second-order valence-corrected chi connectivity index (χ2v) is 7.50. The number of carbonyl (C=O) groups is 1. The molecule has 2 N–H and O–H groups in total. The Morgan fingerprint density at radius 2 is 2.05 bits per heavy atom. The molecule has 1 amide bonds. The Labute approximate surface area is 135 Å². The molecule has 1 rings (SSSR count). The number of hydrogen-bond acceptors (Lipinski definition) is 4. The van der Waals surface area contributed by atoms with Crippen LogP contribution in [0.5, 0.6) is 0 Å². The minimum absolute atomic E-state index is 0.101. The first-order valence-corrected chi connectivity index (χ1v) is 8.63. The third-order valence-corrected chi connectivity index (χ3v) is 3.95. The van der Waals surface area contributed by atoms with Gasteiger partial charge in [0.1, 0.15) is 5.60 Å². The first-order chi connectivity index (χ1) is 10.2. The number of nitrogens with zero attached hydrogens (tertiary/aromatic N) is 1. The minimum atomic E-state index is -0.473. The molecule has 0 aromatic heterocycles. The van der Waals surface area contributed by atoms with Crippen molar-refractivity contribution in [2.45, 2.75) is 78.0 Å². The summed E-state index contributed by atoms with van der Waals surface area (Å²) in [6.07, 6.45) is 3.02. The normalized spacial score (nSPS) is 24.8. The van der Waals surface area contributed by atoms with Crippen molar-refractivity contribution in [1.29, 1.82) is 0 Å². The molecule has 5 nitrogen and oxygen atoms in total. The van der Waals surface area contributed by atoms with Crippen LogP contribution >= 0.6 is 0 Å². The van der Waals surface area contributed by atoms with E-state index in [1.807, 2.05) is 27.7 Å². The molecule has 5 heteroatoms. The van der Waals surface area contributed by atoms with Crippen LogP contribution in [0.2, 0.25) is 0 Å². The number of carbonyl (C=O) groups excluding carboxylic acids is 1. The van der Waals surface area contributed by atoms with Gasteiger partial charge >= 0.3 is 6.09 Å².